The van der Waals surface area contributed by atoms with Gasteiger partial charge in [-0.2, -0.15) is 0 Å². The van der Waals surface area contributed by atoms with Gasteiger partial charge < -0.3 is 15.5 Å². The smallest absolute Gasteiger partial charge is 0.255 e. The van der Waals surface area contributed by atoms with Gasteiger partial charge in [-0.1, -0.05) is 23.7 Å². The number of hydrogen-bond acceptors (Lipinski definition) is 2. The maximum Gasteiger partial charge on any atom is 0.255 e. The summed E-state index contributed by atoms with van der Waals surface area (Å²) in [4.78, 5) is 14.5. The lowest BCUT2D eigenvalue weighted by Gasteiger charge is -2.19. The Bertz CT molecular complexity index is 742. The molecule has 6 heteroatoms. The van der Waals surface area contributed by atoms with Crippen LogP contribution in [0.1, 0.15) is 23.2 Å². The van der Waals surface area contributed by atoms with Crippen LogP contribution in [0.4, 0.5) is 11.4 Å². The lowest BCUT2D eigenvalue weighted by Crippen LogP contribution is -2.29. The first kappa shape index (κ1) is 16.7. The van der Waals surface area contributed by atoms with Crippen molar-refractivity contribution >= 4 is 46.2 Å². The van der Waals surface area contributed by atoms with Gasteiger partial charge in [-0.3, -0.25) is 4.79 Å². The Labute approximate surface area is 151 Å². The maximum absolute atomic E-state index is 12.7. The van der Waals surface area contributed by atoms with Crippen LogP contribution in [0.15, 0.2) is 48.5 Å². The molecule has 4 nitrogen and oxygen atoms in total. The van der Waals surface area contributed by atoms with Gasteiger partial charge in [-0.15, -0.1) is 0 Å². The van der Waals surface area contributed by atoms with E-state index in [1.54, 1.807) is 12.1 Å². The maximum atomic E-state index is 12.7. The molecule has 24 heavy (non-hydrogen) atoms. The molecule has 1 fully saturated rings. The Morgan fingerprint density at radius 1 is 1.00 bits per heavy atom. The fraction of sp³-hybridized carbons (Fsp3) is 0.222. The van der Waals surface area contributed by atoms with E-state index in [4.69, 9.17) is 23.8 Å². The molecule has 1 aliphatic heterocycles. The average molecular weight is 360 g/mol. The molecule has 0 aromatic heterocycles. The minimum absolute atomic E-state index is 0.0462. The standard InChI is InChI=1S/C18H18ClN3OS/c19-13-7-9-14(10-8-13)20-18(24)21-16-6-2-1-5-15(16)17(23)22-11-3-4-12-22/h1-2,5-10H,3-4,11-12H2,(H2,20,21,24). The van der Waals surface area contributed by atoms with Crippen molar-refractivity contribution in [1.82, 2.24) is 4.90 Å². The first-order chi connectivity index (χ1) is 11.6. The summed E-state index contributed by atoms with van der Waals surface area (Å²) in [6.45, 7) is 1.64. The monoisotopic (exact) mass is 359 g/mol. The molecule has 0 bridgehead atoms. The van der Waals surface area contributed by atoms with Crippen molar-refractivity contribution in [3.05, 3.63) is 59.1 Å². The molecule has 2 N–H and O–H groups in total. The Morgan fingerprint density at radius 3 is 2.38 bits per heavy atom. The van der Waals surface area contributed by atoms with Gasteiger partial charge in [-0.05, 0) is 61.5 Å². The summed E-state index contributed by atoms with van der Waals surface area (Å²) in [5.74, 6) is 0.0462. The molecule has 0 unspecified atom stereocenters. The number of benzene rings is 2. The van der Waals surface area contributed by atoms with E-state index < -0.39 is 0 Å². The second-order valence-corrected chi connectivity index (χ2v) is 6.48. The minimum Gasteiger partial charge on any atom is -0.339 e. The highest BCUT2D eigenvalue weighted by Crippen LogP contribution is 2.21. The summed E-state index contributed by atoms with van der Waals surface area (Å²) in [6, 6.07) is 14.7. The minimum atomic E-state index is 0.0462. The van der Waals surface area contributed by atoms with Gasteiger partial charge in [0.1, 0.15) is 0 Å². The van der Waals surface area contributed by atoms with Crippen LogP contribution in [-0.2, 0) is 0 Å². The zero-order chi connectivity index (χ0) is 16.9. The first-order valence-corrected chi connectivity index (χ1v) is 8.64. The third-order valence-electron chi connectivity index (χ3n) is 3.90. The number of amides is 1. The lowest BCUT2D eigenvalue weighted by molar-refractivity contribution is 0.0794. The number of para-hydroxylation sites is 1. The number of likely N-dealkylation sites (tertiary alicyclic amines) is 1. The van der Waals surface area contributed by atoms with Crippen molar-refractivity contribution in [2.24, 2.45) is 0 Å². The number of halogens is 1. The van der Waals surface area contributed by atoms with Gasteiger partial charge in [0.25, 0.3) is 5.91 Å². The number of carbonyl (C=O) groups is 1. The molecule has 2 aromatic rings. The highest BCUT2D eigenvalue weighted by Gasteiger charge is 2.21. The molecule has 124 valence electrons. The van der Waals surface area contributed by atoms with Crippen LogP contribution < -0.4 is 10.6 Å². The normalized spacial score (nSPS) is 13.6. The van der Waals surface area contributed by atoms with Crippen molar-refractivity contribution in [1.29, 1.82) is 0 Å². The van der Waals surface area contributed by atoms with Gasteiger partial charge in [0.05, 0.1) is 11.3 Å². The molecule has 0 radical (unpaired) electrons. The van der Waals surface area contributed by atoms with Gasteiger partial charge in [0, 0.05) is 23.8 Å². The number of nitrogens with one attached hydrogen (secondary N) is 2. The molecule has 2 aromatic carbocycles. The highest BCUT2D eigenvalue weighted by atomic mass is 35.5. The van der Waals surface area contributed by atoms with Crippen molar-refractivity contribution in [3.63, 3.8) is 0 Å². The van der Waals surface area contributed by atoms with E-state index >= 15 is 0 Å². The summed E-state index contributed by atoms with van der Waals surface area (Å²) in [5, 5.41) is 7.31. The summed E-state index contributed by atoms with van der Waals surface area (Å²) in [5.41, 5.74) is 2.18. The number of carbonyl (C=O) groups excluding carboxylic acids is 1. The Balaban J connectivity index is 1.71. The summed E-state index contributed by atoms with van der Waals surface area (Å²) < 4.78 is 0. The molecule has 1 amide bonds. The van der Waals surface area contributed by atoms with Crippen LogP contribution >= 0.6 is 23.8 Å². The van der Waals surface area contributed by atoms with Crippen molar-refractivity contribution in [2.75, 3.05) is 23.7 Å². The third kappa shape index (κ3) is 4.04. The van der Waals surface area contributed by atoms with Crippen LogP contribution in [-0.4, -0.2) is 29.0 Å². The van der Waals surface area contributed by atoms with Gasteiger partial charge in [-0.25, -0.2) is 0 Å². The molecular formula is C18H18ClN3OS. The summed E-state index contributed by atoms with van der Waals surface area (Å²) in [7, 11) is 0. The molecule has 1 heterocycles. The molecule has 3 rings (SSSR count). The van der Waals surface area contributed by atoms with Gasteiger partial charge in [0.15, 0.2) is 5.11 Å². The molecule has 0 spiro atoms. The second-order valence-electron chi connectivity index (χ2n) is 5.63. The first-order valence-electron chi connectivity index (χ1n) is 7.85. The summed E-state index contributed by atoms with van der Waals surface area (Å²) in [6.07, 6.45) is 2.13. The van der Waals surface area contributed by atoms with Gasteiger partial charge >= 0.3 is 0 Å². The Morgan fingerprint density at radius 2 is 1.67 bits per heavy atom. The fourth-order valence-corrected chi connectivity index (χ4v) is 3.04. The van der Waals surface area contributed by atoms with E-state index in [1.807, 2.05) is 41.3 Å². The van der Waals surface area contributed by atoms with E-state index in [1.165, 1.54) is 0 Å². The van der Waals surface area contributed by atoms with Gasteiger partial charge in [0.2, 0.25) is 0 Å². The Hall–Kier alpha value is -2.11. The third-order valence-corrected chi connectivity index (χ3v) is 4.36. The van der Waals surface area contributed by atoms with Crippen LogP contribution in [0.3, 0.4) is 0 Å². The average Bonchev–Trinajstić information content (AvgIpc) is 3.11. The summed E-state index contributed by atoms with van der Waals surface area (Å²) >= 11 is 11.2. The molecular weight excluding hydrogens is 342 g/mol. The number of nitrogens with zero attached hydrogens (tertiary/aromatic N) is 1. The number of thiocarbonyl (C=S) groups is 1. The van der Waals surface area contributed by atoms with E-state index in [2.05, 4.69) is 10.6 Å². The SMILES string of the molecule is O=C(c1ccccc1NC(=S)Nc1ccc(Cl)cc1)N1CCCC1. The quantitative estimate of drug-likeness (QED) is 0.798. The Kier molecular flexibility index (Phi) is 5.33. The number of hydrogen-bond donors (Lipinski definition) is 2. The van der Waals surface area contributed by atoms with Crippen LogP contribution in [0, 0.1) is 0 Å². The zero-order valence-electron chi connectivity index (χ0n) is 13.1. The second kappa shape index (κ2) is 7.64. The largest absolute Gasteiger partial charge is 0.339 e. The van der Waals surface area contributed by atoms with Crippen molar-refractivity contribution in [3.8, 4) is 0 Å². The van der Waals surface area contributed by atoms with Crippen LogP contribution in [0.25, 0.3) is 0 Å². The van der Waals surface area contributed by atoms with Crippen LogP contribution in [0.5, 0.6) is 0 Å². The van der Waals surface area contributed by atoms with Crippen molar-refractivity contribution < 1.29 is 4.79 Å². The molecule has 1 aliphatic rings. The fourth-order valence-electron chi connectivity index (χ4n) is 2.69. The topological polar surface area (TPSA) is 44.4 Å². The van der Waals surface area contributed by atoms with E-state index in [-0.39, 0.29) is 5.91 Å². The molecule has 0 aliphatic carbocycles. The molecule has 0 atom stereocenters. The lowest BCUT2D eigenvalue weighted by atomic mass is 10.1. The predicted molar refractivity (Wildman–Crippen MR) is 103 cm³/mol. The highest BCUT2D eigenvalue weighted by molar-refractivity contribution is 7.80. The number of anilines is 2. The zero-order valence-corrected chi connectivity index (χ0v) is 14.7. The van der Waals surface area contributed by atoms with E-state index in [0.717, 1.165) is 31.6 Å². The van der Waals surface area contributed by atoms with E-state index in [9.17, 15) is 4.79 Å². The van der Waals surface area contributed by atoms with Crippen molar-refractivity contribution in [2.45, 2.75) is 12.8 Å². The molecule has 1 saturated heterocycles. The number of rotatable bonds is 3. The van der Waals surface area contributed by atoms with E-state index in [0.29, 0.717) is 21.4 Å². The predicted octanol–water partition coefficient (Wildman–Crippen LogP) is 4.38. The molecule has 0 saturated carbocycles. The van der Waals surface area contributed by atoms with Crippen LogP contribution in [0.2, 0.25) is 5.02 Å².